The van der Waals surface area contributed by atoms with Crippen molar-refractivity contribution in [3.8, 4) is 5.69 Å². The fourth-order valence-corrected chi connectivity index (χ4v) is 3.76. The van der Waals surface area contributed by atoms with Crippen LogP contribution in [0.2, 0.25) is 0 Å². The minimum absolute atomic E-state index is 0.0133. The number of carbonyl (C=O) groups is 2. The molecule has 2 aromatic heterocycles. The number of pyridine rings is 1. The van der Waals surface area contributed by atoms with Crippen molar-refractivity contribution in [2.24, 2.45) is 0 Å². The van der Waals surface area contributed by atoms with Gasteiger partial charge in [0.05, 0.1) is 5.69 Å². The van der Waals surface area contributed by atoms with Crippen LogP contribution in [-0.4, -0.2) is 26.5 Å². The Morgan fingerprint density at radius 1 is 1.10 bits per heavy atom. The molecule has 0 atom stereocenters. The van der Waals surface area contributed by atoms with Gasteiger partial charge in [-0.2, -0.15) is 0 Å². The Labute approximate surface area is 177 Å². The van der Waals surface area contributed by atoms with Crippen LogP contribution in [0.1, 0.15) is 17.0 Å². The molecule has 1 aromatic carbocycles. The van der Waals surface area contributed by atoms with E-state index in [4.69, 9.17) is 12.2 Å². The molecule has 0 unspecified atom stereocenters. The number of thiocarbonyl (C=S) groups is 1. The van der Waals surface area contributed by atoms with E-state index in [-0.39, 0.29) is 16.4 Å². The Morgan fingerprint density at radius 2 is 1.80 bits per heavy atom. The van der Waals surface area contributed by atoms with Gasteiger partial charge < -0.3 is 4.57 Å². The highest BCUT2D eigenvalue weighted by Crippen LogP contribution is 2.27. The third kappa shape index (κ3) is 3.31. The number of carbonyl (C=O) groups excluding carboxylic acids is 2. The van der Waals surface area contributed by atoms with Crippen molar-refractivity contribution >= 4 is 40.9 Å². The van der Waals surface area contributed by atoms with Crippen LogP contribution < -0.4 is 10.2 Å². The molecule has 1 aliphatic heterocycles. The Hall–Kier alpha value is -3.65. The van der Waals surface area contributed by atoms with Crippen molar-refractivity contribution in [3.05, 3.63) is 83.2 Å². The van der Waals surface area contributed by atoms with Crippen LogP contribution >= 0.6 is 12.2 Å². The number of aromatic nitrogens is 2. The maximum Gasteiger partial charge on any atom is 0.270 e. The molecule has 0 bridgehead atoms. The van der Waals surface area contributed by atoms with Gasteiger partial charge in [-0.25, -0.2) is 9.29 Å². The summed E-state index contributed by atoms with van der Waals surface area (Å²) < 4.78 is 16.3. The van der Waals surface area contributed by atoms with Gasteiger partial charge in [-0.15, -0.1) is 0 Å². The number of nitrogens with one attached hydrogen (secondary N) is 1. The second-order valence-electron chi connectivity index (χ2n) is 6.78. The molecule has 30 heavy (non-hydrogen) atoms. The zero-order valence-electron chi connectivity index (χ0n) is 16.2. The van der Waals surface area contributed by atoms with E-state index in [1.807, 2.05) is 36.6 Å². The van der Waals surface area contributed by atoms with Gasteiger partial charge in [0.25, 0.3) is 11.8 Å². The maximum absolute atomic E-state index is 14.3. The van der Waals surface area contributed by atoms with Gasteiger partial charge in [0.2, 0.25) is 0 Å². The van der Waals surface area contributed by atoms with Crippen LogP contribution in [0.4, 0.5) is 10.1 Å². The summed E-state index contributed by atoms with van der Waals surface area (Å²) in [5, 5.41) is 2.32. The standard InChI is InChI=1S/C22H17FN4O2S/c1-13-11-15(14(2)26(13)16-7-9-24-10-8-16)12-17-20(28)25-22(30)27(21(17)29)19-6-4-3-5-18(19)23/h3-12H,1-2H3,(H,25,28,30)/b17-12-. The molecule has 0 saturated carbocycles. The monoisotopic (exact) mass is 420 g/mol. The van der Waals surface area contributed by atoms with Gasteiger partial charge in [-0.1, -0.05) is 12.1 Å². The topological polar surface area (TPSA) is 67.2 Å². The van der Waals surface area contributed by atoms with Crippen LogP contribution in [0.5, 0.6) is 0 Å². The first-order valence-electron chi connectivity index (χ1n) is 9.14. The van der Waals surface area contributed by atoms with Gasteiger partial charge in [-0.3, -0.25) is 19.9 Å². The molecule has 1 fully saturated rings. The van der Waals surface area contributed by atoms with E-state index in [2.05, 4.69) is 10.3 Å². The molecular weight excluding hydrogens is 403 g/mol. The molecule has 0 radical (unpaired) electrons. The Bertz CT molecular complexity index is 1220. The van der Waals surface area contributed by atoms with Crippen LogP contribution in [0.15, 0.2) is 60.4 Å². The van der Waals surface area contributed by atoms with E-state index in [9.17, 15) is 14.0 Å². The van der Waals surface area contributed by atoms with Crippen molar-refractivity contribution in [2.75, 3.05) is 4.90 Å². The number of rotatable bonds is 3. The zero-order chi connectivity index (χ0) is 21.4. The van der Waals surface area contributed by atoms with Crippen LogP contribution in [0.25, 0.3) is 11.8 Å². The fourth-order valence-electron chi connectivity index (χ4n) is 3.49. The van der Waals surface area contributed by atoms with Crippen molar-refractivity contribution in [1.29, 1.82) is 0 Å². The molecule has 3 heterocycles. The molecule has 6 nitrogen and oxygen atoms in total. The molecular formula is C22H17FN4O2S. The average molecular weight is 420 g/mol. The number of para-hydroxylation sites is 1. The van der Waals surface area contributed by atoms with Gasteiger partial charge in [0.1, 0.15) is 11.4 Å². The number of benzene rings is 1. The molecule has 4 rings (SSSR count). The van der Waals surface area contributed by atoms with Gasteiger partial charge in [0.15, 0.2) is 5.11 Å². The Balaban J connectivity index is 1.78. The summed E-state index contributed by atoms with van der Waals surface area (Å²) in [6.45, 7) is 3.82. The first-order chi connectivity index (χ1) is 14.4. The molecule has 2 amide bonds. The summed E-state index contributed by atoms with van der Waals surface area (Å²) >= 11 is 5.12. The second kappa shape index (κ2) is 7.64. The normalized spacial score (nSPS) is 15.6. The number of hydrogen-bond donors (Lipinski definition) is 1. The van der Waals surface area contributed by atoms with Crippen LogP contribution in [0, 0.1) is 19.7 Å². The lowest BCUT2D eigenvalue weighted by Crippen LogP contribution is -2.54. The summed E-state index contributed by atoms with van der Waals surface area (Å²) in [7, 11) is 0. The third-order valence-corrected chi connectivity index (χ3v) is 5.17. The van der Waals surface area contributed by atoms with Gasteiger partial charge in [0, 0.05) is 29.5 Å². The average Bonchev–Trinajstić information content (AvgIpc) is 3.00. The largest absolute Gasteiger partial charge is 0.318 e. The Morgan fingerprint density at radius 3 is 2.50 bits per heavy atom. The smallest absolute Gasteiger partial charge is 0.270 e. The minimum atomic E-state index is -0.678. The van der Waals surface area contributed by atoms with Gasteiger partial charge in [-0.05, 0) is 68.0 Å². The minimum Gasteiger partial charge on any atom is -0.318 e. The first kappa shape index (κ1) is 19.7. The lowest BCUT2D eigenvalue weighted by Gasteiger charge is -2.29. The molecule has 1 aliphatic rings. The maximum atomic E-state index is 14.3. The molecule has 150 valence electrons. The van der Waals surface area contributed by atoms with Crippen molar-refractivity contribution < 1.29 is 14.0 Å². The quantitative estimate of drug-likeness (QED) is 0.400. The summed E-state index contributed by atoms with van der Waals surface area (Å²) in [6, 6.07) is 11.4. The highest BCUT2D eigenvalue weighted by atomic mass is 32.1. The third-order valence-electron chi connectivity index (χ3n) is 4.89. The first-order valence-corrected chi connectivity index (χ1v) is 9.54. The van der Waals surface area contributed by atoms with E-state index >= 15 is 0 Å². The van der Waals surface area contributed by atoms with Gasteiger partial charge >= 0.3 is 0 Å². The summed E-state index contributed by atoms with van der Waals surface area (Å²) in [4.78, 5) is 30.7. The summed E-state index contributed by atoms with van der Waals surface area (Å²) in [5.41, 5.74) is 3.25. The molecule has 1 saturated heterocycles. The van der Waals surface area contributed by atoms with Crippen molar-refractivity contribution in [1.82, 2.24) is 14.9 Å². The number of nitrogens with zero attached hydrogens (tertiary/aromatic N) is 3. The SMILES string of the molecule is Cc1cc(/C=C2/C(=O)NC(=S)N(c3ccccc3F)C2=O)c(C)n1-c1ccncc1. The fraction of sp³-hybridized carbons (Fsp3) is 0.0909. The highest BCUT2D eigenvalue weighted by Gasteiger charge is 2.35. The molecule has 3 aromatic rings. The predicted octanol–water partition coefficient (Wildman–Crippen LogP) is 3.46. The van der Waals surface area contributed by atoms with E-state index in [0.717, 1.165) is 22.0 Å². The zero-order valence-corrected chi connectivity index (χ0v) is 17.0. The van der Waals surface area contributed by atoms with Crippen LogP contribution in [-0.2, 0) is 9.59 Å². The van der Waals surface area contributed by atoms with Crippen molar-refractivity contribution in [2.45, 2.75) is 13.8 Å². The van der Waals surface area contributed by atoms with E-state index in [1.165, 1.54) is 24.3 Å². The molecule has 0 aliphatic carbocycles. The number of hydrogen-bond acceptors (Lipinski definition) is 4. The molecule has 8 heteroatoms. The number of aryl methyl sites for hydroxylation is 1. The second-order valence-corrected chi connectivity index (χ2v) is 7.16. The van der Waals surface area contributed by atoms with Crippen molar-refractivity contribution in [3.63, 3.8) is 0 Å². The predicted molar refractivity (Wildman–Crippen MR) is 116 cm³/mol. The molecule has 0 spiro atoms. The number of anilines is 1. The van der Waals surface area contributed by atoms with E-state index in [1.54, 1.807) is 18.5 Å². The lowest BCUT2D eigenvalue weighted by atomic mass is 10.1. The highest BCUT2D eigenvalue weighted by molar-refractivity contribution is 7.80. The van der Waals surface area contributed by atoms with Crippen LogP contribution in [0.3, 0.4) is 0 Å². The summed E-state index contributed by atoms with van der Waals surface area (Å²) in [5.74, 6) is -1.91. The number of halogens is 1. The Kier molecular flexibility index (Phi) is 5.01. The summed E-state index contributed by atoms with van der Waals surface area (Å²) in [6.07, 6.45) is 4.89. The lowest BCUT2D eigenvalue weighted by molar-refractivity contribution is -0.122. The number of amides is 2. The van der Waals surface area contributed by atoms with E-state index < -0.39 is 17.6 Å². The van der Waals surface area contributed by atoms with E-state index in [0.29, 0.717) is 5.56 Å². The molecule has 1 N–H and O–H groups in total.